The van der Waals surface area contributed by atoms with E-state index in [9.17, 15) is 4.79 Å². The number of benzene rings is 1. The number of carbonyl (C=O) groups is 1. The molecule has 0 aliphatic rings. The molecule has 1 N–H and O–H groups in total. The van der Waals surface area contributed by atoms with Crippen LogP contribution in [0.1, 0.15) is 10.4 Å². The zero-order valence-corrected chi connectivity index (χ0v) is 13.0. The molecular formula is C14H12N2O3S2. The lowest BCUT2D eigenvalue weighted by molar-refractivity contribution is 0.0602. The summed E-state index contributed by atoms with van der Waals surface area (Å²) >= 11 is 2.94. The summed E-state index contributed by atoms with van der Waals surface area (Å²) in [6.07, 6.45) is 0. The third-order valence-electron chi connectivity index (χ3n) is 2.89. The lowest BCUT2D eigenvalue weighted by atomic mass is 10.3. The first-order valence-electron chi connectivity index (χ1n) is 6.08. The van der Waals surface area contributed by atoms with Crippen LogP contribution in [0, 0.1) is 0 Å². The van der Waals surface area contributed by atoms with Crippen molar-refractivity contribution in [3.63, 3.8) is 0 Å². The Labute approximate surface area is 129 Å². The van der Waals surface area contributed by atoms with Crippen molar-refractivity contribution in [1.29, 1.82) is 0 Å². The number of ether oxygens (including phenoxy) is 2. The van der Waals surface area contributed by atoms with E-state index in [1.54, 1.807) is 13.2 Å². The number of esters is 1. The zero-order valence-electron chi connectivity index (χ0n) is 11.4. The fourth-order valence-electron chi connectivity index (χ4n) is 1.86. The van der Waals surface area contributed by atoms with Crippen LogP contribution in [0.2, 0.25) is 0 Å². The molecule has 3 rings (SSSR count). The number of nitrogens with one attached hydrogen (secondary N) is 1. The van der Waals surface area contributed by atoms with Gasteiger partial charge >= 0.3 is 5.97 Å². The second-order valence-electron chi connectivity index (χ2n) is 4.13. The maximum absolute atomic E-state index is 11.7. The molecule has 0 saturated carbocycles. The van der Waals surface area contributed by atoms with Crippen LogP contribution in [0.5, 0.6) is 5.75 Å². The van der Waals surface area contributed by atoms with Gasteiger partial charge in [-0.05, 0) is 29.6 Å². The molecule has 5 nitrogen and oxygen atoms in total. The monoisotopic (exact) mass is 320 g/mol. The summed E-state index contributed by atoms with van der Waals surface area (Å²) in [5.41, 5.74) is 1.40. The molecule has 2 aromatic heterocycles. The molecule has 1 aromatic carbocycles. The molecule has 0 fully saturated rings. The van der Waals surface area contributed by atoms with Crippen molar-refractivity contribution in [1.82, 2.24) is 4.98 Å². The number of fused-ring (bicyclic) bond motifs is 1. The molecule has 7 heteroatoms. The molecule has 2 heterocycles. The molecule has 3 aromatic rings. The molecule has 0 spiro atoms. The van der Waals surface area contributed by atoms with Gasteiger partial charge in [0.1, 0.15) is 10.8 Å². The summed E-state index contributed by atoms with van der Waals surface area (Å²) in [6, 6.07) is 7.45. The van der Waals surface area contributed by atoms with Crippen LogP contribution in [-0.2, 0) is 4.74 Å². The summed E-state index contributed by atoms with van der Waals surface area (Å²) in [6.45, 7) is 0. The third kappa shape index (κ3) is 2.70. The van der Waals surface area contributed by atoms with Crippen molar-refractivity contribution in [3.05, 3.63) is 35.2 Å². The summed E-state index contributed by atoms with van der Waals surface area (Å²) in [7, 11) is 3.00. The summed E-state index contributed by atoms with van der Waals surface area (Å²) in [5, 5.41) is 6.47. The molecule has 0 radical (unpaired) electrons. The normalized spacial score (nSPS) is 10.6. The Morgan fingerprint density at radius 3 is 2.90 bits per heavy atom. The number of thiazole rings is 1. The number of anilines is 2. The van der Waals surface area contributed by atoms with Gasteiger partial charge < -0.3 is 14.8 Å². The van der Waals surface area contributed by atoms with Crippen molar-refractivity contribution >= 4 is 49.0 Å². The van der Waals surface area contributed by atoms with Crippen molar-refractivity contribution in [2.75, 3.05) is 19.5 Å². The van der Waals surface area contributed by atoms with Gasteiger partial charge in [0, 0.05) is 0 Å². The predicted molar refractivity (Wildman–Crippen MR) is 85.1 cm³/mol. The molecule has 0 saturated heterocycles. The van der Waals surface area contributed by atoms with Crippen molar-refractivity contribution in [2.24, 2.45) is 0 Å². The van der Waals surface area contributed by atoms with Gasteiger partial charge in [-0.1, -0.05) is 11.3 Å². The minimum Gasteiger partial charge on any atom is -0.497 e. The highest BCUT2D eigenvalue weighted by Crippen LogP contribution is 2.33. The van der Waals surface area contributed by atoms with E-state index in [4.69, 9.17) is 9.47 Å². The first kappa shape index (κ1) is 13.8. The van der Waals surface area contributed by atoms with Crippen molar-refractivity contribution in [2.45, 2.75) is 0 Å². The van der Waals surface area contributed by atoms with E-state index in [1.165, 1.54) is 29.8 Å². The van der Waals surface area contributed by atoms with E-state index in [0.717, 1.165) is 26.1 Å². The Morgan fingerprint density at radius 2 is 2.14 bits per heavy atom. The maximum Gasteiger partial charge on any atom is 0.340 e. The highest BCUT2D eigenvalue weighted by molar-refractivity contribution is 7.22. The number of methoxy groups -OCH3 is 2. The van der Waals surface area contributed by atoms with Crippen LogP contribution in [0.3, 0.4) is 0 Å². The Kier molecular flexibility index (Phi) is 3.76. The van der Waals surface area contributed by atoms with E-state index in [-0.39, 0.29) is 5.97 Å². The molecule has 21 heavy (non-hydrogen) atoms. The number of aromatic nitrogens is 1. The smallest absolute Gasteiger partial charge is 0.340 e. The largest absolute Gasteiger partial charge is 0.497 e. The molecule has 0 amide bonds. The van der Waals surface area contributed by atoms with Gasteiger partial charge in [0.05, 0.1) is 30.0 Å². The molecule has 0 bridgehead atoms. The number of hydrogen-bond acceptors (Lipinski definition) is 7. The molecule has 0 aliphatic carbocycles. The number of hydrogen-bond donors (Lipinski definition) is 1. The average Bonchev–Trinajstić information content (AvgIpc) is 3.11. The summed E-state index contributed by atoms with van der Waals surface area (Å²) < 4.78 is 11.0. The maximum atomic E-state index is 11.7. The zero-order chi connectivity index (χ0) is 14.8. The Bertz CT molecular complexity index is 794. The van der Waals surface area contributed by atoms with Crippen molar-refractivity contribution < 1.29 is 14.3 Å². The van der Waals surface area contributed by atoms with Crippen molar-refractivity contribution in [3.8, 4) is 5.75 Å². The lowest BCUT2D eigenvalue weighted by Crippen LogP contribution is -2.02. The molecule has 108 valence electrons. The Balaban J connectivity index is 1.91. The van der Waals surface area contributed by atoms with E-state index in [2.05, 4.69) is 10.3 Å². The average molecular weight is 320 g/mol. The molecule has 0 unspecified atom stereocenters. The van der Waals surface area contributed by atoms with Gasteiger partial charge in [-0.15, -0.1) is 11.3 Å². The first-order chi connectivity index (χ1) is 10.2. The SMILES string of the molecule is COC(=O)c1ccsc1Nc1nc2ccc(OC)cc2s1. The van der Waals surface area contributed by atoms with Gasteiger partial charge in [0.25, 0.3) is 0 Å². The fourth-order valence-corrected chi connectivity index (χ4v) is 3.60. The summed E-state index contributed by atoms with van der Waals surface area (Å²) in [5.74, 6) is 0.436. The molecule has 0 aliphatic heterocycles. The van der Waals surface area contributed by atoms with Crippen LogP contribution in [-0.4, -0.2) is 25.2 Å². The lowest BCUT2D eigenvalue weighted by Gasteiger charge is -2.02. The van der Waals surface area contributed by atoms with Crippen LogP contribution < -0.4 is 10.1 Å². The fraction of sp³-hybridized carbons (Fsp3) is 0.143. The predicted octanol–water partition coefficient (Wildman–Crippen LogP) is 3.90. The van der Waals surface area contributed by atoms with Crippen LogP contribution in [0.4, 0.5) is 10.1 Å². The van der Waals surface area contributed by atoms with Crippen LogP contribution in [0.15, 0.2) is 29.6 Å². The van der Waals surface area contributed by atoms with Crippen LogP contribution in [0.25, 0.3) is 10.2 Å². The number of nitrogens with zero attached hydrogens (tertiary/aromatic N) is 1. The molecule has 0 atom stereocenters. The van der Waals surface area contributed by atoms with E-state index < -0.39 is 0 Å². The minimum absolute atomic E-state index is 0.360. The second-order valence-corrected chi connectivity index (χ2v) is 6.08. The van der Waals surface area contributed by atoms with Crippen LogP contribution >= 0.6 is 22.7 Å². The highest BCUT2D eigenvalue weighted by atomic mass is 32.1. The first-order valence-corrected chi connectivity index (χ1v) is 7.78. The van der Waals surface area contributed by atoms with E-state index >= 15 is 0 Å². The standard InChI is InChI=1S/C14H12N2O3S2/c1-18-8-3-4-10-11(7-8)21-14(15-10)16-12-9(5-6-20-12)13(17)19-2/h3-7H,1-2H3,(H,15,16). The minimum atomic E-state index is -0.360. The van der Waals surface area contributed by atoms with Gasteiger partial charge in [0.15, 0.2) is 5.13 Å². The third-order valence-corrected chi connectivity index (χ3v) is 4.65. The number of carbonyl (C=O) groups excluding carboxylic acids is 1. The topological polar surface area (TPSA) is 60.5 Å². The second kappa shape index (κ2) is 5.71. The summed E-state index contributed by atoms with van der Waals surface area (Å²) in [4.78, 5) is 16.1. The number of thiophene rings is 1. The highest BCUT2D eigenvalue weighted by Gasteiger charge is 2.14. The molecular weight excluding hydrogens is 308 g/mol. The van der Waals surface area contributed by atoms with Gasteiger partial charge in [-0.3, -0.25) is 0 Å². The van der Waals surface area contributed by atoms with Gasteiger partial charge in [-0.25, -0.2) is 9.78 Å². The van der Waals surface area contributed by atoms with Gasteiger partial charge in [0.2, 0.25) is 0 Å². The Morgan fingerprint density at radius 1 is 1.29 bits per heavy atom. The Hall–Kier alpha value is -2.12. The number of rotatable bonds is 4. The quantitative estimate of drug-likeness (QED) is 0.739. The van der Waals surface area contributed by atoms with E-state index in [0.29, 0.717) is 5.56 Å². The van der Waals surface area contributed by atoms with E-state index in [1.807, 2.05) is 23.6 Å². The van der Waals surface area contributed by atoms with Gasteiger partial charge in [-0.2, -0.15) is 0 Å².